The van der Waals surface area contributed by atoms with Gasteiger partial charge in [-0.15, -0.1) is 0 Å². The minimum Gasteiger partial charge on any atom is -0.485 e. The summed E-state index contributed by atoms with van der Waals surface area (Å²) in [7, 11) is -1.15. The largest absolute Gasteiger partial charge is 0.485 e. The van der Waals surface area contributed by atoms with E-state index in [2.05, 4.69) is 109 Å². The number of fused-ring (bicyclic) bond motifs is 3. The number of para-hydroxylation sites is 1. The molecule has 0 radical (unpaired) electrons. The van der Waals surface area contributed by atoms with Gasteiger partial charge in [0.05, 0.1) is 25.7 Å². The summed E-state index contributed by atoms with van der Waals surface area (Å²) in [6.45, 7) is 20.4. The molecule has 0 amide bonds. The van der Waals surface area contributed by atoms with Crippen LogP contribution in [0.3, 0.4) is 0 Å². The number of rotatable bonds is 14. The minimum absolute atomic E-state index is 0.00535. The van der Waals surface area contributed by atoms with Crippen molar-refractivity contribution in [1.29, 1.82) is 5.26 Å². The third-order valence-electron chi connectivity index (χ3n) is 8.81. The van der Waals surface area contributed by atoms with Gasteiger partial charge >= 0.3 is 0 Å². The van der Waals surface area contributed by atoms with Crippen LogP contribution in [0.25, 0.3) is 6.08 Å². The highest BCUT2D eigenvalue weighted by Crippen LogP contribution is 2.46. The molecule has 8 nitrogen and oxygen atoms in total. The average Bonchev–Trinajstić information content (AvgIpc) is 3.12. The number of piperazine rings is 1. The molecular formula is C37H52N5O3PS. The summed E-state index contributed by atoms with van der Waals surface area (Å²) in [6.07, 6.45) is 6.88. The second kappa shape index (κ2) is 17.7. The van der Waals surface area contributed by atoms with E-state index >= 15 is 0 Å². The lowest BCUT2D eigenvalue weighted by atomic mass is 9.98. The van der Waals surface area contributed by atoms with Gasteiger partial charge in [-0.1, -0.05) is 30.5 Å². The molecule has 0 aromatic heterocycles. The number of nitrogens with zero attached hydrogens (tertiary/aromatic N) is 4. The monoisotopic (exact) mass is 677 g/mol. The second-order valence-electron chi connectivity index (χ2n) is 12.9. The summed E-state index contributed by atoms with van der Waals surface area (Å²) < 4.78 is 21.2. The van der Waals surface area contributed by atoms with E-state index in [1.165, 1.54) is 22.6 Å². The number of hydrogen-bond donors (Lipinski definition) is 1. The first-order valence-electron chi connectivity index (χ1n) is 17.2. The van der Waals surface area contributed by atoms with Crippen molar-refractivity contribution < 1.29 is 13.8 Å². The molecule has 3 heterocycles. The second-order valence-corrected chi connectivity index (χ2v) is 15.5. The van der Waals surface area contributed by atoms with Crippen LogP contribution in [0.2, 0.25) is 0 Å². The maximum Gasteiger partial charge on any atom is 0.259 e. The third-order valence-corrected chi connectivity index (χ3v) is 12.0. The molecule has 47 heavy (non-hydrogen) atoms. The first kappa shape index (κ1) is 35.7. The molecular weight excluding hydrogens is 625 g/mol. The molecule has 2 unspecified atom stereocenters. The van der Waals surface area contributed by atoms with Gasteiger partial charge in [-0.05, 0) is 83.8 Å². The quantitative estimate of drug-likeness (QED) is 0.156. The van der Waals surface area contributed by atoms with Crippen LogP contribution < -0.4 is 15.0 Å². The number of nitriles is 1. The molecule has 2 aromatic rings. The highest BCUT2D eigenvalue weighted by molar-refractivity contribution is 8.03. The van der Waals surface area contributed by atoms with Crippen LogP contribution in [-0.4, -0.2) is 80.2 Å². The molecule has 2 aromatic carbocycles. The predicted octanol–water partition coefficient (Wildman–Crippen LogP) is 8.54. The molecule has 2 atom stereocenters. The zero-order valence-corrected chi connectivity index (χ0v) is 30.3. The fourth-order valence-corrected chi connectivity index (χ4v) is 9.02. The fraction of sp³-hybridized carbons (Fsp3) is 0.541. The van der Waals surface area contributed by atoms with Gasteiger partial charge in [-0.3, -0.25) is 4.90 Å². The van der Waals surface area contributed by atoms with Crippen molar-refractivity contribution in [3.05, 3.63) is 65.1 Å². The first-order chi connectivity index (χ1) is 22.8. The highest BCUT2D eigenvalue weighted by Gasteiger charge is 2.29. The molecule has 0 aliphatic carbocycles. The van der Waals surface area contributed by atoms with E-state index < -0.39 is 8.53 Å². The average molecular weight is 678 g/mol. The Hall–Kier alpha value is -2.57. The molecule has 3 aliphatic heterocycles. The molecule has 3 aliphatic rings. The molecule has 1 fully saturated rings. The third kappa shape index (κ3) is 9.75. The Morgan fingerprint density at radius 3 is 2.57 bits per heavy atom. The Bertz CT molecular complexity index is 1400. The zero-order valence-electron chi connectivity index (χ0n) is 28.6. The van der Waals surface area contributed by atoms with Crippen molar-refractivity contribution in [2.24, 2.45) is 0 Å². The summed E-state index contributed by atoms with van der Waals surface area (Å²) in [4.78, 5) is 7.34. The molecule has 0 bridgehead atoms. The minimum atomic E-state index is -1.15. The SMILES string of the molecule is C=C1Sc2ccccc2NCCC2Oc3cc(N4CCN(CCCCCOP(OCCC#N)N(C(C)C)C(C)C)CC4)ccc3C=C12. The van der Waals surface area contributed by atoms with Gasteiger partial charge in [-0.25, -0.2) is 4.67 Å². The summed E-state index contributed by atoms with van der Waals surface area (Å²) in [5, 5.41) is 12.5. The molecule has 1 N–H and O–H groups in total. The molecule has 1 saturated heterocycles. The van der Waals surface area contributed by atoms with E-state index in [9.17, 15) is 0 Å². The molecule has 254 valence electrons. The Morgan fingerprint density at radius 2 is 1.81 bits per heavy atom. The number of ether oxygens (including phenoxy) is 1. The number of thioether (sulfide) groups is 1. The van der Waals surface area contributed by atoms with Crippen molar-refractivity contribution in [3.8, 4) is 11.8 Å². The van der Waals surface area contributed by atoms with E-state index in [0.717, 1.165) is 80.4 Å². The number of benzene rings is 2. The lowest BCUT2D eigenvalue weighted by Gasteiger charge is -2.37. The molecule has 0 saturated carbocycles. The first-order valence-corrected chi connectivity index (χ1v) is 19.2. The smallest absolute Gasteiger partial charge is 0.259 e. The van der Waals surface area contributed by atoms with Gasteiger partial charge in [0, 0.05) is 89.6 Å². The zero-order chi connectivity index (χ0) is 33.2. The fourth-order valence-electron chi connectivity index (χ4n) is 6.42. The van der Waals surface area contributed by atoms with E-state index in [0.29, 0.717) is 31.7 Å². The molecule has 0 spiro atoms. The van der Waals surface area contributed by atoms with E-state index in [1.807, 2.05) is 0 Å². The highest BCUT2D eigenvalue weighted by atomic mass is 32.2. The van der Waals surface area contributed by atoms with Crippen molar-refractivity contribution >= 4 is 37.7 Å². The topological polar surface area (TPSA) is 73.2 Å². The standard InChI is InChI=1S/C37H52N5O3PS/c1-28(2)42(29(3)4)46(44-25-11-17-38)43-24-10-6-9-19-40-20-22-41(23-21-40)32-15-14-31-26-33-30(5)47-37-13-8-7-12-34(37)39-18-16-35(33)45-36(31)27-32/h7-8,12-15,26-29,35,39H,5-6,9-11,16,18-25H2,1-4H3. The molecule has 10 heteroatoms. The van der Waals surface area contributed by atoms with Crippen LogP contribution >= 0.6 is 20.3 Å². The van der Waals surface area contributed by atoms with E-state index in [4.69, 9.17) is 19.0 Å². The Labute approximate surface area is 288 Å². The molecule has 5 rings (SSSR count). The maximum absolute atomic E-state index is 8.92. The Kier molecular flexibility index (Phi) is 13.5. The van der Waals surface area contributed by atoms with Gasteiger partial charge in [0.2, 0.25) is 0 Å². The normalized spacial score (nSPS) is 19.0. The number of unbranched alkanes of at least 4 members (excludes halogenated alkanes) is 2. The predicted molar refractivity (Wildman–Crippen MR) is 197 cm³/mol. The van der Waals surface area contributed by atoms with Crippen molar-refractivity contribution in [1.82, 2.24) is 9.57 Å². The van der Waals surface area contributed by atoms with Crippen molar-refractivity contribution in [3.63, 3.8) is 0 Å². The van der Waals surface area contributed by atoms with Gasteiger partial charge in [0.15, 0.2) is 0 Å². The van der Waals surface area contributed by atoms with Crippen LogP contribution in [0, 0.1) is 11.3 Å². The van der Waals surface area contributed by atoms with Gasteiger partial charge in [0.1, 0.15) is 11.9 Å². The number of hydrogen-bond acceptors (Lipinski definition) is 9. The van der Waals surface area contributed by atoms with Gasteiger partial charge in [0.25, 0.3) is 8.53 Å². The Balaban J connectivity index is 1.06. The van der Waals surface area contributed by atoms with Crippen molar-refractivity contribution in [2.45, 2.75) is 82.9 Å². The number of nitrogens with one attached hydrogen (secondary N) is 1. The van der Waals surface area contributed by atoms with Crippen LogP contribution in [-0.2, 0) is 9.05 Å². The van der Waals surface area contributed by atoms with Crippen molar-refractivity contribution in [2.75, 3.05) is 62.7 Å². The van der Waals surface area contributed by atoms with Crippen LogP contribution in [0.5, 0.6) is 5.75 Å². The lowest BCUT2D eigenvalue weighted by molar-refractivity contribution is 0.173. The summed E-state index contributed by atoms with van der Waals surface area (Å²) in [6, 6.07) is 18.0. The van der Waals surface area contributed by atoms with Gasteiger partial charge in [-0.2, -0.15) is 5.26 Å². The Morgan fingerprint density at radius 1 is 1.04 bits per heavy atom. The van der Waals surface area contributed by atoms with Crippen LogP contribution in [0.15, 0.2) is 64.4 Å². The van der Waals surface area contributed by atoms with Crippen LogP contribution in [0.1, 0.15) is 65.4 Å². The maximum atomic E-state index is 8.92. The summed E-state index contributed by atoms with van der Waals surface area (Å²) in [5.41, 5.74) is 4.72. The van der Waals surface area contributed by atoms with Crippen LogP contribution in [0.4, 0.5) is 11.4 Å². The summed E-state index contributed by atoms with van der Waals surface area (Å²) in [5.74, 6) is 0.972. The van der Waals surface area contributed by atoms with Gasteiger partial charge < -0.3 is 24.0 Å². The summed E-state index contributed by atoms with van der Waals surface area (Å²) >= 11 is 1.72. The van der Waals surface area contributed by atoms with E-state index in [1.54, 1.807) is 11.8 Å². The van der Waals surface area contributed by atoms with E-state index in [-0.39, 0.29) is 6.10 Å². The number of anilines is 2. The lowest BCUT2D eigenvalue weighted by Crippen LogP contribution is -2.46.